The van der Waals surface area contributed by atoms with Gasteiger partial charge in [-0.2, -0.15) is 0 Å². The number of esters is 1. The Morgan fingerprint density at radius 1 is 1.11 bits per heavy atom. The molecule has 0 aliphatic heterocycles. The quantitative estimate of drug-likeness (QED) is 0.270. The molecule has 206 valence electrons. The number of fused-ring (bicyclic) bond motifs is 5. The Hall–Kier alpha value is -1.95. The molecule has 0 amide bonds. The zero-order valence-electron chi connectivity index (χ0n) is 23.7. The summed E-state index contributed by atoms with van der Waals surface area (Å²) in [5.41, 5.74) is 1.42. The summed E-state index contributed by atoms with van der Waals surface area (Å²) >= 11 is 0. The predicted octanol–water partition coefficient (Wildman–Crippen LogP) is 5.87. The van der Waals surface area contributed by atoms with Crippen LogP contribution in [-0.2, 0) is 19.1 Å². The lowest BCUT2D eigenvalue weighted by atomic mass is 9.36. The van der Waals surface area contributed by atoms with Gasteiger partial charge in [0.2, 0.25) is 0 Å². The minimum absolute atomic E-state index is 0.00236. The second-order valence-electron chi connectivity index (χ2n) is 13.4. The Bertz CT molecular complexity index is 1040. The molecule has 6 heteroatoms. The molecule has 0 aromatic carbocycles. The van der Waals surface area contributed by atoms with Crippen molar-refractivity contribution in [2.24, 2.45) is 39.9 Å². The van der Waals surface area contributed by atoms with Crippen molar-refractivity contribution in [2.75, 3.05) is 0 Å². The molecule has 0 aromatic rings. The van der Waals surface area contributed by atoms with E-state index in [4.69, 9.17) is 4.74 Å². The Morgan fingerprint density at radius 2 is 1.78 bits per heavy atom. The largest absolute Gasteiger partial charge is 0.478 e. The number of carboxylic acid groups (broad SMARTS) is 1. The van der Waals surface area contributed by atoms with Crippen molar-refractivity contribution in [1.29, 1.82) is 0 Å². The lowest BCUT2D eigenvalue weighted by molar-refractivity contribution is -0.223. The topological polar surface area (TPSA) is 101 Å². The molecule has 4 rings (SSSR count). The number of ketones is 1. The molecular formula is C31H46O6. The zero-order valence-corrected chi connectivity index (χ0v) is 23.7. The maximum atomic E-state index is 12.6. The molecule has 4 aliphatic carbocycles. The Morgan fingerprint density at radius 3 is 2.38 bits per heavy atom. The molecule has 0 saturated heterocycles. The Balaban J connectivity index is 1.83. The van der Waals surface area contributed by atoms with Crippen molar-refractivity contribution < 1.29 is 29.3 Å². The highest BCUT2D eigenvalue weighted by molar-refractivity contribution is 5.88. The third-order valence-corrected chi connectivity index (χ3v) is 11.4. The molecule has 4 saturated carbocycles. The smallest absolute Gasteiger partial charge is 0.331 e. The van der Waals surface area contributed by atoms with E-state index in [1.165, 1.54) is 6.92 Å². The summed E-state index contributed by atoms with van der Waals surface area (Å²) in [6.07, 6.45) is 6.01. The molecule has 2 N–H and O–H groups in total. The van der Waals surface area contributed by atoms with E-state index < -0.39 is 24.1 Å². The van der Waals surface area contributed by atoms with Gasteiger partial charge in [0, 0.05) is 24.8 Å². The number of carbonyl (C=O) groups excluding carboxylic acids is 2. The van der Waals surface area contributed by atoms with Gasteiger partial charge in [0.25, 0.3) is 0 Å². The lowest BCUT2D eigenvalue weighted by Gasteiger charge is -2.68. The van der Waals surface area contributed by atoms with Crippen LogP contribution in [0.15, 0.2) is 22.8 Å². The summed E-state index contributed by atoms with van der Waals surface area (Å²) in [4.78, 5) is 37.4. The van der Waals surface area contributed by atoms with Crippen LogP contribution in [0.1, 0.15) is 99.8 Å². The first-order chi connectivity index (χ1) is 17.2. The fraction of sp³-hybridized carbons (Fsp3) is 0.774. The van der Waals surface area contributed by atoms with Gasteiger partial charge in [-0.1, -0.05) is 39.3 Å². The van der Waals surface area contributed by atoms with E-state index in [0.29, 0.717) is 49.0 Å². The minimum atomic E-state index is -0.962. The van der Waals surface area contributed by atoms with Crippen LogP contribution in [0.3, 0.4) is 0 Å². The SMILES string of the molecule is CC(=O)O[C@H]1C[C@@]2(C)[C@@H](C[C@H](O)[C@H]3[C@@]4(C)CCC(=O)[C@@H](C)[C@@H]4CC[C@@]32C)/C1=C(\CCC=C(C)C)C(=O)O. The summed E-state index contributed by atoms with van der Waals surface area (Å²) in [5.74, 6) is -0.945. The normalized spacial score (nSPS) is 44.3. The Kier molecular flexibility index (Phi) is 7.33. The summed E-state index contributed by atoms with van der Waals surface area (Å²) in [6.45, 7) is 14.3. The van der Waals surface area contributed by atoms with Crippen molar-refractivity contribution in [3.63, 3.8) is 0 Å². The summed E-state index contributed by atoms with van der Waals surface area (Å²) in [6, 6.07) is 0. The van der Waals surface area contributed by atoms with Gasteiger partial charge in [-0.25, -0.2) is 4.79 Å². The van der Waals surface area contributed by atoms with Crippen molar-refractivity contribution in [3.8, 4) is 0 Å². The van der Waals surface area contributed by atoms with Crippen molar-refractivity contribution in [2.45, 2.75) is 112 Å². The number of rotatable bonds is 5. The van der Waals surface area contributed by atoms with Gasteiger partial charge in [-0.15, -0.1) is 0 Å². The molecule has 0 heterocycles. The van der Waals surface area contributed by atoms with E-state index in [1.807, 2.05) is 19.9 Å². The third-order valence-electron chi connectivity index (χ3n) is 11.4. The standard InChI is InChI=1S/C31H46O6/c1-17(2)9-8-10-20(28(35)36)26-22-15-24(34)27-29(5)13-12-23(33)18(3)21(29)11-14-30(27,6)31(22,7)16-25(26)37-19(4)32/h9,18,21-22,24-25,27,34H,8,10-16H2,1-7H3,(H,35,36)/b26-20-/t18-,21-,22-,24-,25-,27-,29-,30-,31-/m0/s1. The van der Waals surface area contributed by atoms with Gasteiger partial charge in [0.05, 0.1) is 6.10 Å². The van der Waals surface area contributed by atoms with E-state index in [2.05, 4.69) is 27.7 Å². The van der Waals surface area contributed by atoms with Gasteiger partial charge in [-0.3, -0.25) is 9.59 Å². The monoisotopic (exact) mass is 514 g/mol. The second kappa shape index (κ2) is 9.66. The number of hydrogen-bond donors (Lipinski definition) is 2. The highest BCUT2D eigenvalue weighted by Crippen LogP contribution is 2.74. The summed E-state index contributed by atoms with van der Waals surface area (Å²) < 4.78 is 5.86. The first-order valence-electron chi connectivity index (χ1n) is 14.1. The van der Waals surface area contributed by atoms with Crippen LogP contribution in [-0.4, -0.2) is 40.1 Å². The number of allylic oxidation sites excluding steroid dienone is 2. The molecule has 4 fully saturated rings. The average molecular weight is 515 g/mol. The molecular weight excluding hydrogens is 468 g/mol. The fourth-order valence-corrected chi connectivity index (χ4v) is 9.60. The molecule has 0 unspecified atom stereocenters. The fourth-order valence-electron chi connectivity index (χ4n) is 9.60. The number of carbonyl (C=O) groups is 3. The zero-order chi connectivity index (χ0) is 27.5. The highest BCUT2D eigenvalue weighted by atomic mass is 16.5. The number of aliphatic carboxylic acids is 1. The number of aliphatic hydroxyl groups excluding tert-OH is 1. The summed E-state index contributed by atoms with van der Waals surface area (Å²) in [7, 11) is 0. The van der Waals surface area contributed by atoms with Gasteiger partial charge in [0.1, 0.15) is 11.9 Å². The predicted molar refractivity (Wildman–Crippen MR) is 142 cm³/mol. The molecule has 4 aliphatic rings. The van der Waals surface area contributed by atoms with Gasteiger partial charge in [-0.05, 0) is 98.4 Å². The van der Waals surface area contributed by atoms with Gasteiger partial charge < -0.3 is 14.9 Å². The van der Waals surface area contributed by atoms with E-state index in [-0.39, 0.29) is 39.9 Å². The molecule has 37 heavy (non-hydrogen) atoms. The number of carboxylic acids is 1. The maximum Gasteiger partial charge on any atom is 0.331 e. The number of hydrogen-bond acceptors (Lipinski definition) is 5. The molecule has 0 bridgehead atoms. The average Bonchev–Trinajstić information content (AvgIpc) is 3.05. The van der Waals surface area contributed by atoms with Crippen LogP contribution < -0.4 is 0 Å². The van der Waals surface area contributed by atoms with E-state index in [9.17, 15) is 24.6 Å². The van der Waals surface area contributed by atoms with Crippen LogP contribution in [0, 0.1) is 39.9 Å². The van der Waals surface area contributed by atoms with E-state index in [1.54, 1.807) is 0 Å². The molecule has 0 spiro atoms. The molecule has 6 nitrogen and oxygen atoms in total. The van der Waals surface area contributed by atoms with E-state index >= 15 is 0 Å². The maximum absolute atomic E-state index is 12.6. The molecule has 0 aromatic heterocycles. The first-order valence-corrected chi connectivity index (χ1v) is 14.1. The van der Waals surface area contributed by atoms with Gasteiger partial charge in [0.15, 0.2) is 0 Å². The van der Waals surface area contributed by atoms with Crippen molar-refractivity contribution in [3.05, 3.63) is 22.8 Å². The van der Waals surface area contributed by atoms with Crippen molar-refractivity contribution in [1.82, 2.24) is 0 Å². The minimum Gasteiger partial charge on any atom is -0.478 e. The highest BCUT2D eigenvalue weighted by Gasteiger charge is 2.70. The van der Waals surface area contributed by atoms with Crippen LogP contribution >= 0.6 is 0 Å². The molecule has 0 radical (unpaired) electrons. The lowest BCUT2D eigenvalue weighted by Crippen LogP contribution is -2.65. The van der Waals surface area contributed by atoms with Crippen LogP contribution in [0.4, 0.5) is 0 Å². The van der Waals surface area contributed by atoms with Crippen LogP contribution in [0.2, 0.25) is 0 Å². The molecule has 9 atom stereocenters. The van der Waals surface area contributed by atoms with Crippen molar-refractivity contribution >= 4 is 17.7 Å². The number of Topliss-reactive ketones (excluding diaryl/α,β-unsaturated/α-hetero) is 1. The van der Waals surface area contributed by atoms with Crippen LogP contribution in [0.25, 0.3) is 0 Å². The third kappa shape index (κ3) is 4.31. The first kappa shape index (κ1) is 28.1. The number of ether oxygens (including phenoxy) is 1. The van der Waals surface area contributed by atoms with Gasteiger partial charge >= 0.3 is 11.9 Å². The Labute approximate surface area is 221 Å². The summed E-state index contributed by atoms with van der Waals surface area (Å²) in [5, 5.41) is 22.2. The van der Waals surface area contributed by atoms with E-state index in [0.717, 1.165) is 24.8 Å². The second-order valence-corrected chi connectivity index (χ2v) is 13.4. The van der Waals surface area contributed by atoms with Crippen LogP contribution in [0.5, 0.6) is 0 Å². The number of aliphatic hydroxyl groups is 1.